The molecule has 2 atom stereocenters. The standard InChI is InChI=1S/C11H11NO3S/c1-12-8(10(13)14)9(15-11(12)16)7-5-3-2-4-6-7/h2-6,8-9H,1H3,(H,13,14)/t8-,9+/m0/s1. The van der Waals surface area contributed by atoms with E-state index in [1.165, 1.54) is 4.90 Å². The molecule has 1 aromatic rings. The largest absolute Gasteiger partial charge is 0.480 e. The van der Waals surface area contributed by atoms with Crippen molar-refractivity contribution in [3.05, 3.63) is 35.9 Å². The summed E-state index contributed by atoms with van der Waals surface area (Å²) in [4.78, 5) is 12.6. The predicted molar refractivity (Wildman–Crippen MR) is 62.1 cm³/mol. The predicted octanol–water partition coefficient (Wildman–Crippen LogP) is 1.43. The van der Waals surface area contributed by atoms with Crippen LogP contribution in [0.3, 0.4) is 0 Å². The van der Waals surface area contributed by atoms with E-state index >= 15 is 0 Å². The second-order valence-corrected chi connectivity index (χ2v) is 3.96. The second kappa shape index (κ2) is 4.09. The van der Waals surface area contributed by atoms with E-state index in [9.17, 15) is 4.79 Å². The topological polar surface area (TPSA) is 49.8 Å². The average Bonchev–Trinajstić information content (AvgIpc) is 2.57. The maximum absolute atomic E-state index is 11.2. The zero-order valence-corrected chi connectivity index (χ0v) is 9.48. The van der Waals surface area contributed by atoms with Crippen LogP contribution in [0.4, 0.5) is 0 Å². The molecule has 2 rings (SSSR count). The Bertz CT molecular complexity index is 420. The summed E-state index contributed by atoms with van der Waals surface area (Å²) in [6, 6.07) is 8.48. The average molecular weight is 237 g/mol. The molecule has 0 bridgehead atoms. The minimum atomic E-state index is -0.934. The summed E-state index contributed by atoms with van der Waals surface area (Å²) in [6.45, 7) is 0. The molecule has 0 unspecified atom stereocenters. The Balaban J connectivity index is 2.34. The first-order valence-corrected chi connectivity index (χ1v) is 5.23. The molecule has 1 aliphatic heterocycles. The SMILES string of the molecule is CN1C(=S)O[C@H](c2ccccc2)[C@H]1C(=O)O. The van der Waals surface area contributed by atoms with Crippen LogP contribution in [-0.4, -0.2) is 34.2 Å². The van der Waals surface area contributed by atoms with Crippen molar-refractivity contribution in [1.82, 2.24) is 4.90 Å². The first-order chi connectivity index (χ1) is 7.61. The van der Waals surface area contributed by atoms with Crippen LogP contribution in [0, 0.1) is 0 Å². The van der Waals surface area contributed by atoms with E-state index in [1.807, 2.05) is 30.3 Å². The Kier molecular flexibility index (Phi) is 2.78. The maximum atomic E-state index is 11.2. The second-order valence-electron chi connectivity index (χ2n) is 3.61. The third kappa shape index (κ3) is 1.74. The van der Waals surface area contributed by atoms with Gasteiger partial charge in [0.15, 0.2) is 12.1 Å². The Morgan fingerprint density at radius 2 is 2.06 bits per heavy atom. The molecule has 1 fully saturated rings. The molecule has 0 radical (unpaired) electrons. The summed E-state index contributed by atoms with van der Waals surface area (Å²) in [5.74, 6) is -0.934. The number of likely N-dealkylation sites (N-methyl/N-ethyl adjacent to an activating group) is 1. The molecule has 0 aromatic heterocycles. The Hall–Kier alpha value is -1.62. The van der Waals surface area contributed by atoms with Crippen molar-refractivity contribution < 1.29 is 14.6 Å². The summed E-state index contributed by atoms with van der Waals surface area (Å²) in [5, 5.41) is 9.38. The summed E-state index contributed by atoms with van der Waals surface area (Å²) in [7, 11) is 1.63. The third-order valence-corrected chi connectivity index (χ3v) is 2.99. The third-order valence-electron chi connectivity index (χ3n) is 2.60. The molecule has 16 heavy (non-hydrogen) atoms. The van der Waals surface area contributed by atoms with Crippen molar-refractivity contribution >= 4 is 23.4 Å². The van der Waals surface area contributed by atoms with Crippen molar-refractivity contribution in [3.63, 3.8) is 0 Å². The lowest BCUT2D eigenvalue weighted by molar-refractivity contribution is -0.142. The van der Waals surface area contributed by atoms with Crippen molar-refractivity contribution in [2.75, 3.05) is 7.05 Å². The van der Waals surface area contributed by atoms with Crippen LogP contribution in [-0.2, 0) is 9.53 Å². The zero-order valence-electron chi connectivity index (χ0n) is 8.66. The Labute approximate surface area is 98.4 Å². The Morgan fingerprint density at radius 3 is 2.62 bits per heavy atom. The van der Waals surface area contributed by atoms with Gasteiger partial charge in [0, 0.05) is 7.05 Å². The highest BCUT2D eigenvalue weighted by atomic mass is 32.1. The van der Waals surface area contributed by atoms with Crippen LogP contribution in [0.1, 0.15) is 11.7 Å². The number of benzene rings is 1. The van der Waals surface area contributed by atoms with Gasteiger partial charge in [-0.3, -0.25) is 0 Å². The fraction of sp³-hybridized carbons (Fsp3) is 0.273. The number of aliphatic carboxylic acids is 1. The molecular formula is C11H11NO3S. The van der Waals surface area contributed by atoms with Gasteiger partial charge in [0.05, 0.1) is 0 Å². The number of nitrogens with zero attached hydrogens (tertiary/aromatic N) is 1. The molecule has 0 amide bonds. The van der Waals surface area contributed by atoms with Crippen LogP contribution >= 0.6 is 12.2 Å². The number of hydrogen-bond donors (Lipinski definition) is 1. The first-order valence-electron chi connectivity index (χ1n) is 4.82. The minimum Gasteiger partial charge on any atom is -0.480 e. The van der Waals surface area contributed by atoms with E-state index in [2.05, 4.69) is 0 Å². The molecule has 0 saturated carbocycles. The summed E-state index contributed by atoms with van der Waals surface area (Å²) in [6.07, 6.45) is -0.531. The van der Waals surface area contributed by atoms with E-state index in [-0.39, 0.29) is 5.17 Å². The van der Waals surface area contributed by atoms with Crippen LogP contribution < -0.4 is 0 Å². The van der Waals surface area contributed by atoms with E-state index < -0.39 is 18.1 Å². The van der Waals surface area contributed by atoms with Gasteiger partial charge in [0.25, 0.3) is 5.17 Å². The normalized spacial score (nSPS) is 24.3. The van der Waals surface area contributed by atoms with Gasteiger partial charge in [-0.1, -0.05) is 30.3 Å². The highest BCUT2D eigenvalue weighted by Gasteiger charge is 2.42. The lowest BCUT2D eigenvalue weighted by Crippen LogP contribution is -2.37. The Morgan fingerprint density at radius 1 is 1.44 bits per heavy atom. The highest BCUT2D eigenvalue weighted by Crippen LogP contribution is 2.31. The lowest BCUT2D eigenvalue weighted by atomic mass is 10.0. The maximum Gasteiger partial charge on any atom is 0.330 e. The number of carboxylic acid groups (broad SMARTS) is 1. The van der Waals surface area contributed by atoms with Gasteiger partial charge in [-0.25, -0.2) is 4.79 Å². The van der Waals surface area contributed by atoms with Crippen molar-refractivity contribution in [3.8, 4) is 0 Å². The number of rotatable bonds is 2. The molecule has 1 N–H and O–H groups in total. The highest BCUT2D eigenvalue weighted by molar-refractivity contribution is 7.80. The summed E-state index contributed by atoms with van der Waals surface area (Å²) >= 11 is 4.96. The zero-order chi connectivity index (χ0) is 11.7. The number of carboxylic acids is 1. The molecule has 0 aliphatic carbocycles. The molecule has 4 nitrogen and oxygen atoms in total. The monoisotopic (exact) mass is 237 g/mol. The number of carbonyl (C=O) groups is 1. The van der Waals surface area contributed by atoms with Crippen molar-refractivity contribution in [2.24, 2.45) is 0 Å². The van der Waals surface area contributed by atoms with Gasteiger partial charge in [0.1, 0.15) is 0 Å². The van der Waals surface area contributed by atoms with E-state index in [0.717, 1.165) is 5.56 Å². The number of ether oxygens (including phenoxy) is 1. The summed E-state index contributed by atoms with van der Waals surface area (Å²) in [5.41, 5.74) is 0.821. The molecule has 1 aromatic carbocycles. The van der Waals surface area contributed by atoms with Crippen LogP contribution in [0.5, 0.6) is 0 Å². The smallest absolute Gasteiger partial charge is 0.330 e. The van der Waals surface area contributed by atoms with Gasteiger partial charge in [-0.2, -0.15) is 0 Å². The molecule has 1 heterocycles. The molecule has 5 heteroatoms. The molecule has 84 valence electrons. The van der Waals surface area contributed by atoms with Crippen LogP contribution in [0.2, 0.25) is 0 Å². The molecule has 1 aliphatic rings. The van der Waals surface area contributed by atoms with Gasteiger partial charge in [-0.15, -0.1) is 0 Å². The fourth-order valence-electron chi connectivity index (χ4n) is 1.76. The van der Waals surface area contributed by atoms with E-state index in [0.29, 0.717) is 0 Å². The number of hydrogen-bond acceptors (Lipinski definition) is 3. The molecule has 1 saturated heterocycles. The van der Waals surface area contributed by atoms with Crippen LogP contribution in [0.15, 0.2) is 30.3 Å². The van der Waals surface area contributed by atoms with Gasteiger partial charge >= 0.3 is 5.97 Å². The summed E-state index contributed by atoms with van der Waals surface area (Å²) < 4.78 is 5.41. The molecular weight excluding hydrogens is 226 g/mol. The van der Waals surface area contributed by atoms with E-state index in [4.69, 9.17) is 22.1 Å². The van der Waals surface area contributed by atoms with Gasteiger partial charge < -0.3 is 14.7 Å². The quantitative estimate of drug-likeness (QED) is 0.788. The van der Waals surface area contributed by atoms with Gasteiger partial charge in [-0.05, 0) is 17.8 Å². The van der Waals surface area contributed by atoms with E-state index in [1.54, 1.807) is 7.05 Å². The lowest BCUT2D eigenvalue weighted by Gasteiger charge is -2.17. The fourth-order valence-corrected chi connectivity index (χ4v) is 1.98. The van der Waals surface area contributed by atoms with Crippen molar-refractivity contribution in [2.45, 2.75) is 12.1 Å². The number of thiocarbonyl (C=S) groups is 1. The molecule has 0 spiro atoms. The van der Waals surface area contributed by atoms with Gasteiger partial charge in [0.2, 0.25) is 0 Å². The van der Waals surface area contributed by atoms with Crippen molar-refractivity contribution in [1.29, 1.82) is 0 Å². The van der Waals surface area contributed by atoms with Crippen LogP contribution in [0.25, 0.3) is 0 Å². The minimum absolute atomic E-state index is 0.223. The first kappa shape index (κ1) is 10.9.